The van der Waals surface area contributed by atoms with Crippen molar-refractivity contribution in [2.24, 2.45) is 5.73 Å². The fourth-order valence-corrected chi connectivity index (χ4v) is 7.17. The number of aliphatic carboxylic acids is 1. The Balaban J connectivity index is 0.000000346. The second-order valence-corrected chi connectivity index (χ2v) is 18.3. The highest BCUT2D eigenvalue weighted by molar-refractivity contribution is 8.13. The molecular weight excluding hydrogens is 923 g/mol. The standard InChI is InChI=1S/C19H23ClN2O2S.C15H14Cl2F3N3O3.C5H12NO4P/c1-2-3-4-5-6-10-13-25-19(23)24-16-14-17(20)21-22-18(16)15-11-8-7-9-12-15;1-3-26-13(24)10(17)4-8-5-12(11(18)6-9(8)16)23-15(25)22(14(19)20)7(2)21-23;1-11(9,10)3-2-4(6)5(7)8/h7-9,11-12,14H,2-6,10,13H2,1H3;5-6,10,14H,3-4H2,1-2H3;4H,2-3,6H2,1H3,(H,7,8)(H,9,10). The van der Waals surface area contributed by atoms with E-state index in [9.17, 15) is 36.9 Å². The van der Waals surface area contributed by atoms with Crippen LogP contribution >= 0.6 is 53.9 Å². The first-order chi connectivity index (χ1) is 29.2. The fourth-order valence-electron chi connectivity index (χ4n) is 5.15. The number of hydrogen-bond donors (Lipinski definition) is 3. The summed E-state index contributed by atoms with van der Waals surface area (Å²) in [6, 6.07) is 12.0. The molecule has 0 spiro atoms. The van der Waals surface area contributed by atoms with Crippen LogP contribution in [-0.4, -0.2) is 88.4 Å². The van der Waals surface area contributed by atoms with Gasteiger partial charge in [-0.3, -0.25) is 14.2 Å². The van der Waals surface area contributed by atoms with Crippen molar-refractivity contribution in [3.8, 4) is 22.7 Å². The van der Waals surface area contributed by atoms with Crippen molar-refractivity contribution in [1.29, 1.82) is 0 Å². The number of carbonyl (C=O) groups excluding carboxylic acids is 2. The maximum Gasteiger partial charge on any atom is 0.372 e. The van der Waals surface area contributed by atoms with Crippen LogP contribution < -0.4 is 16.2 Å². The summed E-state index contributed by atoms with van der Waals surface area (Å²) in [6.45, 7) is 3.19. The second kappa shape index (κ2) is 27.3. The van der Waals surface area contributed by atoms with Gasteiger partial charge in [-0.2, -0.15) is 13.5 Å². The number of aromatic nitrogens is 5. The lowest BCUT2D eigenvalue weighted by atomic mass is 10.1. The number of ether oxygens (including phenoxy) is 2. The molecule has 0 radical (unpaired) electrons. The van der Waals surface area contributed by atoms with Crippen molar-refractivity contribution in [2.75, 3.05) is 25.2 Å². The van der Waals surface area contributed by atoms with Crippen molar-refractivity contribution in [3.63, 3.8) is 0 Å². The van der Waals surface area contributed by atoms with Gasteiger partial charge in [-0.1, -0.05) is 92.6 Å². The molecule has 4 N–H and O–H groups in total. The van der Waals surface area contributed by atoms with Crippen LogP contribution in [0.25, 0.3) is 16.9 Å². The minimum atomic E-state index is -3.12. The Bertz CT molecular complexity index is 2180. The number of halogens is 6. The van der Waals surface area contributed by atoms with Crippen LogP contribution in [0.15, 0.2) is 53.3 Å². The molecule has 0 aliphatic carbocycles. The SMILES string of the molecule is CCCCCCCCSC(=O)Oc1cc(Cl)nnc1-c1ccccc1.CCOC(=O)C(Cl)Cc1cc(-n2nc(C)n(C(F)F)c2=O)c(F)cc1Cl.CP(=O)(O)CCC(N)C(=O)O. The number of unbranched alkanes of at least 4 members (excludes halogenated alkanes) is 5. The summed E-state index contributed by atoms with van der Waals surface area (Å²) in [5.74, 6) is -1.96. The van der Waals surface area contributed by atoms with Gasteiger partial charge in [0.2, 0.25) is 0 Å². The van der Waals surface area contributed by atoms with E-state index >= 15 is 0 Å². The van der Waals surface area contributed by atoms with Gasteiger partial charge in [-0.05, 0) is 56.1 Å². The van der Waals surface area contributed by atoms with Crippen LogP contribution in [0.2, 0.25) is 10.2 Å². The molecule has 4 aromatic rings. The quantitative estimate of drug-likeness (QED) is 0.0345. The van der Waals surface area contributed by atoms with Gasteiger partial charge in [0.15, 0.2) is 24.1 Å². The summed E-state index contributed by atoms with van der Waals surface area (Å²) >= 11 is 19.0. The topological polar surface area (TPSA) is 219 Å². The van der Waals surface area contributed by atoms with E-state index in [0.717, 1.165) is 36.3 Å². The Morgan fingerprint density at radius 3 is 2.24 bits per heavy atom. The van der Waals surface area contributed by atoms with Gasteiger partial charge in [0.1, 0.15) is 28.6 Å². The average molecular weight is 972 g/mol. The number of rotatable bonds is 19. The first-order valence-corrected chi connectivity index (χ1v) is 23.6. The van der Waals surface area contributed by atoms with E-state index in [1.807, 2.05) is 30.3 Å². The normalized spacial score (nSPS) is 12.9. The summed E-state index contributed by atoms with van der Waals surface area (Å²) in [7, 11) is -3.10. The predicted molar refractivity (Wildman–Crippen MR) is 234 cm³/mol. The number of alkyl halides is 3. The summed E-state index contributed by atoms with van der Waals surface area (Å²) in [6.07, 6.45) is 7.08. The number of aryl methyl sites for hydroxylation is 1. The molecule has 3 atom stereocenters. The molecule has 0 fully saturated rings. The van der Waals surface area contributed by atoms with Crippen molar-refractivity contribution in [3.05, 3.63) is 86.4 Å². The molecule has 2 aromatic heterocycles. The first-order valence-electron chi connectivity index (χ1n) is 19.2. The highest BCUT2D eigenvalue weighted by Crippen LogP contribution is 2.36. The number of esters is 1. The van der Waals surface area contributed by atoms with Crippen molar-refractivity contribution < 1.29 is 51.6 Å². The molecule has 4 rings (SSSR count). The van der Waals surface area contributed by atoms with Gasteiger partial charge < -0.3 is 25.2 Å². The fraction of sp³-hybridized carbons (Fsp3) is 0.462. The van der Waals surface area contributed by atoms with Gasteiger partial charge in [-0.15, -0.1) is 26.9 Å². The zero-order valence-electron chi connectivity index (χ0n) is 34.3. The first kappa shape index (κ1) is 54.2. The monoisotopic (exact) mass is 970 g/mol. The van der Waals surface area contributed by atoms with Gasteiger partial charge >= 0.3 is 29.5 Å². The van der Waals surface area contributed by atoms with Crippen LogP contribution in [-0.2, 0) is 25.3 Å². The van der Waals surface area contributed by atoms with E-state index < -0.39 is 48.8 Å². The molecule has 0 saturated heterocycles. The molecule has 2 aromatic carbocycles. The molecule has 0 aliphatic heterocycles. The van der Waals surface area contributed by atoms with Crippen molar-refractivity contribution >= 4 is 71.2 Å². The van der Waals surface area contributed by atoms with Crippen LogP contribution in [0.5, 0.6) is 5.75 Å². The molecule has 0 aliphatic rings. The van der Waals surface area contributed by atoms with Gasteiger partial charge in [0.25, 0.3) is 0 Å². The maximum absolute atomic E-state index is 14.2. The number of carboxylic acid groups (broad SMARTS) is 1. The highest BCUT2D eigenvalue weighted by atomic mass is 35.5. The number of hydrogen-bond acceptors (Lipinski definition) is 12. The molecule has 342 valence electrons. The Kier molecular flexibility index (Phi) is 23.8. The summed E-state index contributed by atoms with van der Waals surface area (Å²) in [4.78, 5) is 54.7. The number of benzene rings is 2. The van der Waals surface area contributed by atoms with Crippen LogP contribution in [0.4, 0.5) is 18.0 Å². The smallest absolute Gasteiger partial charge is 0.372 e. The lowest BCUT2D eigenvalue weighted by Crippen LogP contribution is -2.30. The molecule has 3 unspecified atom stereocenters. The number of nitrogens with zero attached hydrogens (tertiary/aromatic N) is 5. The molecule has 0 saturated carbocycles. The maximum atomic E-state index is 14.2. The predicted octanol–water partition coefficient (Wildman–Crippen LogP) is 9.32. The van der Waals surface area contributed by atoms with E-state index in [1.54, 1.807) is 6.92 Å². The lowest BCUT2D eigenvalue weighted by molar-refractivity contribution is -0.142. The van der Waals surface area contributed by atoms with Crippen LogP contribution in [0, 0.1) is 12.7 Å². The Hall–Kier alpha value is -3.97. The van der Waals surface area contributed by atoms with Crippen molar-refractivity contribution in [2.45, 2.75) is 90.1 Å². The largest absolute Gasteiger partial charge is 0.480 e. The van der Waals surface area contributed by atoms with E-state index in [2.05, 4.69) is 22.2 Å². The molecule has 0 amide bonds. The Morgan fingerprint density at radius 1 is 1.02 bits per heavy atom. The van der Waals surface area contributed by atoms with E-state index in [4.69, 9.17) is 60.0 Å². The molecule has 2 heterocycles. The summed E-state index contributed by atoms with van der Waals surface area (Å²) in [5.41, 5.74) is 5.07. The lowest BCUT2D eigenvalue weighted by Gasteiger charge is -2.12. The number of thioether (sulfide) groups is 1. The third-order valence-electron chi connectivity index (χ3n) is 8.32. The van der Waals surface area contributed by atoms with Crippen LogP contribution in [0.3, 0.4) is 0 Å². The minimum absolute atomic E-state index is 0.0412. The third kappa shape index (κ3) is 18.8. The number of nitrogens with two attached hydrogens (primary N) is 1. The summed E-state index contributed by atoms with van der Waals surface area (Å²) in [5, 5.41) is 18.6. The second-order valence-electron chi connectivity index (χ2n) is 13.4. The van der Waals surface area contributed by atoms with Gasteiger partial charge in [0.05, 0.1) is 6.61 Å². The highest BCUT2D eigenvalue weighted by Gasteiger charge is 2.24. The molecule has 15 nitrogen and oxygen atoms in total. The van der Waals surface area contributed by atoms with Gasteiger partial charge in [0, 0.05) is 41.7 Å². The van der Waals surface area contributed by atoms with E-state index in [0.29, 0.717) is 16.1 Å². The van der Waals surface area contributed by atoms with Crippen LogP contribution in [0.1, 0.15) is 76.7 Å². The zero-order chi connectivity index (χ0) is 46.6. The molecule has 0 bridgehead atoms. The zero-order valence-corrected chi connectivity index (χ0v) is 38.3. The third-order valence-corrected chi connectivity index (χ3v) is 11.1. The average Bonchev–Trinajstić information content (AvgIpc) is 3.51. The van der Waals surface area contributed by atoms with Gasteiger partial charge in [-0.25, -0.2) is 18.5 Å². The van der Waals surface area contributed by atoms with Crippen molar-refractivity contribution in [1.82, 2.24) is 24.5 Å². The molecular formula is C39H49Cl3F3N6O9PS. The molecule has 23 heteroatoms. The van der Waals surface area contributed by atoms with E-state index in [-0.39, 0.29) is 62.7 Å². The summed E-state index contributed by atoms with van der Waals surface area (Å²) < 4.78 is 61.6. The molecule has 62 heavy (non-hydrogen) atoms. The van der Waals surface area contributed by atoms with E-state index in [1.165, 1.54) is 57.1 Å². The Morgan fingerprint density at radius 2 is 1.66 bits per heavy atom. The number of carbonyl (C=O) groups is 3. The number of carboxylic acids is 1. The Labute approximate surface area is 375 Å². The minimum Gasteiger partial charge on any atom is -0.480 e.